The zero-order chi connectivity index (χ0) is 13.7. The van der Waals surface area contributed by atoms with Crippen molar-refractivity contribution in [3.8, 4) is 5.75 Å². The molecule has 1 unspecified atom stereocenters. The van der Waals surface area contributed by atoms with E-state index in [4.69, 9.17) is 9.47 Å². The molecule has 104 valence electrons. The lowest BCUT2D eigenvalue weighted by Crippen LogP contribution is -2.26. The van der Waals surface area contributed by atoms with Gasteiger partial charge in [0.15, 0.2) is 5.72 Å². The highest BCUT2D eigenvalue weighted by Crippen LogP contribution is 2.20. The van der Waals surface area contributed by atoms with Gasteiger partial charge in [-0.2, -0.15) is 0 Å². The van der Waals surface area contributed by atoms with Gasteiger partial charge in [-0.1, -0.05) is 19.1 Å². The summed E-state index contributed by atoms with van der Waals surface area (Å²) in [5.41, 5.74) is 1.40. The average Bonchev–Trinajstić information content (AvgIpc) is 2.80. The van der Waals surface area contributed by atoms with E-state index in [1.165, 1.54) is 5.56 Å². The Balaban J connectivity index is 1.95. The van der Waals surface area contributed by atoms with E-state index >= 15 is 0 Å². The molecular weight excluding hydrogens is 242 g/mol. The number of aliphatic hydroxyl groups excluding tert-OH is 1. The van der Waals surface area contributed by atoms with E-state index in [0.717, 1.165) is 30.9 Å². The number of ether oxygens (including phenoxy) is 2. The molecule has 0 bridgehead atoms. The minimum absolute atomic E-state index is 0.0830. The Hall–Kier alpha value is -1.39. The molecule has 0 aromatic heterocycles. The molecule has 0 radical (unpaired) electrons. The molecule has 1 aromatic carbocycles. The third-order valence-electron chi connectivity index (χ3n) is 3.04. The lowest BCUT2D eigenvalue weighted by Gasteiger charge is -2.15. The largest absolute Gasteiger partial charge is 0.494 e. The van der Waals surface area contributed by atoms with Gasteiger partial charge in [0.25, 0.3) is 0 Å². The Bertz CT molecular complexity index is 441. The summed E-state index contributed by atoms with van der Waals surface area (Å²) in [6.45, 7) is 5.03. The monoisotopic (exact) mass is 263 g/mol. The molecule has 1 aliphatic rings. The lowest BCUT2D eigenvalue weighted by atomic mass is 10.1. The summed E-state index contributed by atoms with van der Waals surface area (Å²) in [6, 6.07) is 8.05. The molecular formula is C15H21NO3. The second-order valence-corrected chi connectivity index (χ2v) is 4.97. The van der Waals surface area contributed by atoms with Crippen molar-refractivity contribution >= 4 is 5.71 Å². The van der Waals surface area contributed by atoms with Crippen LogP contribution in [-0.2, 0) is 11.2 Å². The van der Waals surface area contributed by atoms with Gasteiger partial charge in [0.2, 0.25) is 0 Å². The normalized spacial score (nSPS) is 22.4. The van der Waals surface area contributed by atoms with Crippen molar-refractivity contribution in [2.24, 2.45) is 4.99 Å². The summed E-state index contributed by atoms with van der Waals surface area (Å²) in [5, 5.41) is 9.18. The van der Waals surface area contributed by atoms with Crippen molar-refractivity contribution in [3.63, 3.8) is 0 Å². The second kappa shape index (κ2) is 6.17. The third kappa shape index (κ3) is 3.78. The van der Waals surface area contributed by atoms with Crippen LogP contribution in [0.3, 0.4) is 0 Å². The van der Waals surface area contributed by atoms with Gasteiger partial charge < -0.3 is 14.6 Å². The summed E-state index contributed by atoms with van der Waals surface area (Å²) in [5.74, 6) is 0.899. The molecule has 4 nitrogen and oxygen atoms in total. The van der Waals surface area contributed by atoms with E-state index in [9.17, 15) is 5.11 Å². The number of hydrogen-bond acceptors (Lipinski definition) is 4. The quantitative estimate of drug-likeness (QED) is 0.856. The van der Waals surface area contributed by atoms with E-state index in [1.54, 1.807) is 6.92 Å². The molecule has 1 aromatic rings. The van der Waals surface area contributed by atoms with Gasteiger partial charge in [-0.25, -0.2) is 0 Å². The summed E-state index contributed by atoms with van der Waals surface area (Å²) in [6.07, 6.45) is 1.76. The van der Waals surface area contributed by atoms with Crippen LogP contribution in [0.2, 0.25) is 0 Å². The number of rotatable bonds is 6. The van der Waals surface area contributed by atoms with Crippen molar-refractivity contribution in [1.82, 2.24) is 0 Å². The minimum atomic E-state index is -0.750. The zero-order valence-corrected chi connectivity index (χ0v) is 11.6. The van der Waals surface area contributed by atoms with Gasteiger partial charge in [-0.3, -0.25) is 4.99 Å². The maximum atomic E-state index is 9.18. The van der Waals surface area contributed by atoms with Crippen LogP contribution in [-0.4, -0.2) is 36.4 Å². The zero-order valence-electron chi connectivity index (χ0n) is 11.6. The van der Waals surface area contributed by atoms with E-state index < -0.39 is 5.72 Å². The molecule has 4 heteroatoms. The highest BCUT2D eigenvalue weighted by atomic mass is 16.5. The van der Waals surface area contributed by atoms with Crippen LogP contribution in [0.1, 0.15) is 25.8 Å². The van der Waals surface area contributed by atoms with Crippen LogP contribution >= 0.6 is 0 Å². The number of hydrogen-bond donors (Lipinski definition) is 1. The van der Waals surface area contributed by atoms with Gasteiger partial charge in [0.05, 0.1) is 19.8 Å². The maximum Gasteiger partial charge on any atom is 0.179 e. The summed E-state index contributed by atoms with van der Waals surface area (Å²) < 4.78 is 11.0. The van der Waals surface area contributed by atoms with E-state index in [1.807, 2.05) is 24.3 Å². The maximum absolute atomic E-state index is 9.18. The van der Waals surface area contributed by atoms with E-state index in [0.29, 0.717) is 6.61 Å². The fourth-order valence-corrected chi connectivity index (χ4v) is 1.97. The van der Waals surface area contributed by atoms with Crippen LogP contribution in [0, 0.1) is 0 Å². The molecule has 0 amide bonds. The molecule has 1 N–H and O–H groups in total. The van der Waals surface area contributed by atoms with Crippen LogP contribution in [0.25, 0.3) is 0 Å². The van der Waals surface area contributed by atoms with Crippen LogP contribution < -0.4 is 4.74 Å². The Morgan fingerprint density at radius 1 is 1.37 bits per heavy atom. The fraction of sp³-hybridized carbons (Fsp3) is 0.533. The Morgan fingerprint density at radius 3 is 2.68 bits per heavy atom. The molecule has 0 aliphatic carbocycles. The molecule has 1 heterocycles. The summed E-state index contributed by atoms with van der Waals surface area (Å²) in [4.78, 5) is 4.42. The molecule has 0 saturated carbocycles. The smallest absolute Gasteiger partial charge is 0.179 e. The molecule has 1 atom stereocenters. The van der Waals surface area contributed by atoms with Crippen LogP contribution in [0.15, 0.2) is 29.3 Å². The minimum Gasteiger partial charge on any atom is -0.494 e. The predicted octanol–water partition coefficient (Wildman–Crippen LogP) is 2.20. The third-order valence-corrected chi connectivity index (χ3v) is 3.04. The molecule has 1 aliphatic heterocycles. The van der Waals surface area contributed by atoms with Crippen LogP contribution in [0.4, 0.5) is 0 Å². The Morgan fingerprint density at radius 2 is 2.11 bits per heavy atom. The first-order chi connectivity index (χ1) is 9.15. The van der Waals surface area contributed by atoms with Gasteiger partial charge in [0, 0.05) is 12.1 Å². The highest BCUT2D eigenvalue weighted by molar-refractivity contribution is 5.89. The average molecular weight is 263 g/mol. The van der Waals surface area contributed by atoms with Gasteiger partial charge >= 0.3 is 0 Å². The van der Waals surface area contributed by atoms with Gasteiger partial charge in [0.1, 0.15) is 5.75 Å². The second-order valence-electron chi connectivity index (χ2n) is 4.97. The van der Waals surface area contributed by atoms with Crippen molar-refractivity contribution < 1.29 is 14.6 Å². The Kier molecular flexibility index (Phi) is 4.56. The van der Waals surface area contributed by atoms with Gasteiger partial charge in [-0.05, 0) is 31.0 Å². The fourth-order valence-electron chi connectivity index (χ4n) is 1.97. The lowest BCUT2D eigenvalue weighted by molar-refractivity contribution is -0.0276. The standard InChI is InChI=1S/C15H21NO3/c1-3-8-18-14-6-4-12(5-7-14)9-13-10-19-15(2,11-17)16-13/h4-7,17H,3,8-11H2,1-2H3. The molecule has 0 fully saturated rings. The number of benzene rings is 1. The number of aliphatic imine (C=N–C) groups is 1. The number of nitrogens with zero attached hydrogens (tertiary/aromatic N) is 1. The first kappa shape index (κ1) is 14.0. The van der Waals surface area contributed by atoms with Crippen molar-refractivity contribution in [2.75, 3.05) is 19.8 Å². The SMILES string of the molecule is CCCOc1ccc(CC2=NC(C)(CO)OC2)cc1. The topological polar surface area (TPSA) is 51.0 Å². The summed E-state index contributed by atoms with van der Waals surface area (Å²) in [7, 11) is 0. The van der Waals surface area contributed by atoms with Crippen molar-refractivity contribution in [2.45, 2.75) is 32.4 Å². The van der Waals surface area contributed by atoms with Gasteiger partial charge in [-0.15, -0.1) is 0 Å². The molecule has 19 heavy (non-hydrogen) atoms. The van der Waals surface area contributed by atoms with E-state index in [-0.39, 0.29) is 6.61 Å². The molecule has 0 saturated heterocycles. The first-order valence-corrected chi connectivity index (χ1v) is 6.69. The van der Waals surface area contributed by atoms with Crippen molar-refractivity contribution in [1.29, 1.82) is 0 Å². The molecule has 0 spiro atoms. The number of aliphatic hydroxyl groups is 1. The van der Waals surface area contributed by atoms with Crippen molar-refractivity contribution in [3.05, 3.63) is 29.8 Å². The first-order valence-electron chi connectivity index (χ1n) is 6.69. The highest BCUT2D eigenvalue weighted by Gasteiger charge is 2.29. The Labute approximate surface area is 114 Å². The predicted molar refractivity (Wildman–Crippen MR) is 74.8 cm³/mol. The molecule has 2 rings (SSSR count). The van der Waals surface area contributed by atoms with Crippen LogP contribution in [0.5, 0.6) is 5.75 Å². The summed E-state index contributed by atoms with van der Waals surface area (Å²) >= 11 is 0. The van der Waals surface area contributed by atoms with E-state index in [2.05, 4.69) is 11.9 Å².